The summed E-state index contributed by atoms with van der Waals surface area (Å²) in [6.45, 7) is 2.22. The molecule has 1 aliphatic carbocycles. The second kappa shape index (κ2) is 5.71. The molecule has 6 nitrogen and oxygen atoms in total. The van der Waals surface area contributed by atoms with Gasteiger partial charge >= 0.3 is 0 Å². The maximum Gasteiger partial charge on any atom is 0.298 e. The van der Waals surface area contributed by atoms with Crippen molar-refractivity contribution in [3.05, 3.63) is 28.3 Å². The second-order valence-electron chi connectivity index (χ2n) is 5.68. The highest BCUT2D eigenvalue weighted by molar-refractivity contribution is 5.84. The Morgan fingerprint density at radius 2 is 2.33 bits per heavy atom. The van der Waals surface area contributed by atoms with Crippen LogP contribution < -0.4 is 5.32 Å². The molecule has 0 aliphatic heterocycles. The highest BCUT2D eigenvalue weighted by Gasteiger charge is 2.23. The Labute approximate surface area is 122 Å². The van der Waals surface area contributed by atoms with Crippen molar-refractivity contribution in [3.8, 4) is 0 Å². The fourth-order valence-corrected chi connectivity index (χ4v) is 3.11. The Kier molecular flexibility index (Phi) is 3.77. The van der Waals surface area contributed by atoms with E-state index in [1.807, 2.05) is 0 Å². The van der Waals surface area contributed by atoms with Crippen LogP contribution in [-0.2, 0) is 0 Å². The van der Waals surface area contributed by atoms with Crippen molar-refractivity contribution in [3.63, 3.8) is 0 Å². The lowest BCUT2D eigenvalue weighted by atomic mass is 9.84. The molecule has 0 saturated heterocycles. The smallest absolute Gasteiger partial charge is 0.298 e. The van der Waals surface area contributed by atoms with E-state index in [1.165, 1.54) is 25.3 Å². The third kappa shape index (κ3) is 2.84. The van der Waals surface area contributed by atoms with Gasteiger partial charge in [0.1, 0.15) is 0 Å². The number of fused-ring (bicyclic) bond motifs is 1. The van der Waals surface area contributed by atoms with Crippen LogP contribution in [0.25, 0.3) is 11.1 Å². The summed E-state index contributed by atoms with van der Waals surface area (Å²) in [7, 11) is 0. The van der Waals surface area contributed by atoms with Crippen LogP contribution in [0.15, 0.2) is 22.6 Å². The molecule has 0 amide bonds. The van der Waals surface area contributed by atoms with Crippen molar-refractivity contribution in [1.29, 1.82) is 0 Å². The van der Waals surface area contributed by atoms with Crippen LogP contribution in [-0.4, -0.2) is 15.9 Å². The van der Waals surface area contributed by atoms with Crippen LogP contribution in [0, 0.1) is 16.0 Å². The largest absolute Gasteiger partial charge is 0.423 e. The lowest BCUT2D eigenvalue weighted by molar-refractivity contribution is -0.383. The quantitative estimate of drug-likeness (QED) is 0.676. The molecule has 3 rings (SSSR count). The van der Waals surface area contributed by atoms with Crippen molar-refractivity contribution >= 4 is 22.8 Å². The van der Waals surface area contributed by atoms with E-state index in [2.05, 4.69) is 17.2 Å². The van der Waals surface area contributed by atoms with Gasteiger partial charge in [-0.2, -0.15) is 4.98 Å². The van der Waals surface area contributed by atoms with Gasteiger partial charge < -0.3 is 9.73 Å². The molecule has 0 spiro atoms. The maximum atomic E-state index is 11.0. The summed E-state index contributed by atoms with van der Waals surface area (Å²) in [5.41, 5.74) is 0.752. The number of benzene rings is 1. The van der Waals surface area contributed by atoms with Gasteiger partial charge in [-0.05, 0) is 24.8 Å². The molecule has 1 aliphatic rings. The number of para-hydroxylation sites is 1. The number of hydrogen-bond acceptors (Lipinski definition) is 5. The zero-order chi connectivity index (χ0) is 14.8. The standard InChI is InChI=1S/C15H19N3O3/c1-2-10-5-3-6-11(9-10)16-15-17-14-12(18(19)20)7-4-8-13(14)21-15/h4,7-8,10-11H,2-3,5-6,9H2,1H3,(H,16,17). The van der Waals surface area contributed by atoms with Crippen LogP contribution in [0.2, 0.25) is 0 Å². The minimum atomic E-state index is -0.428. The number of nitrogens with one attached hydrogen (secondary N) is 1. The van der Waals surface area contributed by atoms with E-state index in [0.717, 1.165) is 18.8 Å². The highest BCUT2D eigenvalue weighted by atomic mass is 16.6. The average molecular weight is 289 g/mol. The highest BCUT2D eigenvalue weighted by Crippen LogP contribution is 2.31. The van der Waals surface area contributed by atoms with Gasteiger partial charge in [-0.3, -0.25) is 10.1 Å². The lowest BCUT2D eigenvalue weighted by Gasteiger charge is -2.28. The van der Waals surface area contributed by atoms with Gasteiger partial charge in [-0.25, -0.2) is 0 Å². The number of nitro benzene ring substituents is 1. The molecule has 2 atom stereocenters. The molecule has 1 aromatic carbocycles. The topological polar surface area (TPSA) is 81.2 Å². The molecule has 21 heavy (non-hydrogen) atoms. The zero-order valence-electron chi connectivity index (χ0n) is 12.0. The van der Waals surface area contributed by atoms with E-state index in [0.29, 0.717) is 23.2 Å². The minimum absolute atomic E-state index is 0.0145. The molecular formula is C15H19N3O3. The van der Waals surface area contributed by atoms with E-state index >= 15 is 0 Å². The van der Waals surface area contributed by atoms with Gasteiger partial charge in [0.2, 0.25) is 0 Å². The zero-order valence-corrected chi connectivity index (χ0v) is 12.0. The first-order chi connectivity index (χ1) is 10.2. The molecule has 1 fully saturated rings. The third-order valence-corrected chi connectivity index (χ3v) is 4.28. The van der Waals surface area contributed by atoms with E-state index in [4.69, 9.17) is 4.42 Å². The summed E-state index contributed by atoms with van der Waals surface area (Å²) < 4.78 is 5.60. The number of nitrogens with zero attached hydrogens (tertiary/aromatic N) is 2. The van der Waals surface area contributed by atoms with Crippen molar-refractivity contribution in [1.82, 2.24) is 4.98 Å². The van der Waals surface area contributed by atoms with E-state index in [9.17, 15) is 10.1 Å². The molecule has 2 unspecified atom stereocenters. The average Bonchev–Trinajstić information content (AvgIpc) is 2.89. The summed E-state index contributed by atoms with van der Waals surface area (Å²) >= 11 is 0. The number of non-ortho nitro benzene ring substituents is 1. The van der Waals surface area contributed by atoms with Crippen LogP contribution in [0.4, 0.5) is 11.7 Å². The first kappa shape index (κ1) is 13.9. The van der Waals surface area contributed by atoms with Gasteiger partial charge in [0.05, 0.1) is 4.92 Å². The molecule has 6 heteroatoms. The van der Waals surface area contributed by atoms with E-state index in [1.54, 1.807) is 12.1 Å². The summed E-state index contributed by atoms with van der Waals surface area (Å²) in [6.07, 6.45) is 5.89. The first-order valence-corrected chi connectivity index (χ1v) is 7.48. The molecule has 1 heterocycles. The Morgan fingerprint density at radius 3 is 3.10 bits per heavy atom. The maximum absolute atomic E-state index is 11.0. The SMILES string of the molecule is CCC1CCCC(Nc2nc3c([N+](=O)[O-])cccc3o2)C1. The van der Waals surface area contributed by atoms with Gasteiger partial charge in [-0.15, -0.1) is 0 Å². The fraction of sp³-hybridized carbons (Fsp3) is 0.533. The monoisotopic (exact) mass is 289 g/mol. The van der Waals surface area contributed by atoms with Gasteiger partial charge in [0.15, 0.2) is 11.1 Å². The van der Waals surface area contributed by atoms with Gasteiger partial charge in [-0.1, -0.05) is 32.3 Å². The predicted octanol–water partition coefficient (Wildman–Crippen LogP) is 4.12. The number of aromatic nitrogens is 1. The van der Waals surface area contributed by atoms with Gasteiger partial charge in [0.25, 0.3) is 11.7 Å². The first-order valence-electron chi connectivity index (χ1n) is 7.48. The number of nitro groups is 1. The Balaban J connectivity index is 1.81. The molecule has 1 saturated carbocycles. The van der Waals surface area contributed by atoms with Gasteiger partial charge in [0, 0.05) is 12.1 Å². The summed E-state index contributed by atoms with van der Waals surface area (Å²) in [5.74, 6) is 0.745. The van der Waals surface area contributed by atoms with Crippen LogP contribution in [0.5, 0.6) is 0 Å². The van der Waals surface area contributed by atoms with Crippen LogP contribution >= 0.6 is 0 Å². The number of anilines is 1. The fourth-order valence-electron chi connectivity index (χ4n) is 3.11. The van der Waals surface area contributed by atoms with Crippen molar-refractivity contribution in [2.75, 3.05) is 5.32 Å². The van der Waals surface area contributed by atoms with Crippen molar-refractivity contribution in [2.24, 2.45) is 5.92 Å². The van der Waals surface area contributed by atoms with E-state index in [-0.39, 0.29) is 5.69 Å². The van der Waals surface area contributed by atoms with E-state index < -0.39 is 4.92 Å². The number of hydrogen-bond donors (Lipinski definition) is 1. The third-order valence-electron chi connectivity index (χ3n) is 4.28. The normalized spacial score (nSPS) is 22.3. The lowest BCUT2D eigenvalue weighted by Crippen LogP contribution is -2.27. The molecule has 0 radical (unpaired) electrons. The summed E-state index contributed by atoms with van der Waals surface area (Å²) in [6, 6.07) is 5.50. The predicted molar refractivity (Wildman–Crippen MR) is 80.3 cm³/mol. The molecular weight excluding hydrogens is 270 g/mol. The minimum Gasteiger partial charge on any atom is -0.423 e. The Hall–Kier alpha value is -2.11. The Morgan fingerprint density at radius 1 is 1.48 bits per heavy atom. The molecule has 0 bridgehead atoms. The summed E-state index contributed by atoms with van der Waals surface area (Å²) in [4.78, 5) is 14.8. The molecule has 112 valence electrons. The summed E-state index contributed by atoms with van der Waals surface area (Å²) in [5, 5.41) is 14.3. The second-order valence-corrected chi connectivity index (χ2v) is 5.68. The molecule has 1 aromatic heterocycles. The number of rotatable bonds is 4. The molecule has 1 N–H and O–H groups in total. The molecule has 2 aromatic rings. The van der Waals surface area contributed by atoms with Crippen LogP contribution in [0.3, 0.4) is 0 Å². The van der Waals surface area contributed by atoms with Crippen molar-refractivity contribution < 1.29 is 9.34 Å². The van der Waals surface area contributed by atoms with Crippen molar-refractivity contribution in [2.45, 2.75) is 45.1 Å². The van der Waals surface area contributed by atoms with Crippen LogP contribution in [0.1, 0.15) is 39.0 Å². The Bertz CT molecular complexity index is 653. The number of oxazole rings is 1.